The zero-order chi connectivity index (χ0) is 14.5. The summed E-state index contributed by atoms with van der Waals surface area (Å²) >= 11 is 6.12. The molecule has 0 saturated carbocycles. The Bertz CT molecular complexity index is 566. The molecular weight excluding hydrogens is 270 g/mol. The molecular formula is C17H20ClNO. The highest BCUT2D eigenvalue weighted by molar-refractivity contribution is 6.32. The second-order valence-corrected chi connectivity index (χ2v) is 5.46. The minimum Gasteiger partial charge on any atom is -0.456 e. The van der Waals surface area contributed by atoms with E-state index in [-0.39, 0.29) is 6.04 Å². The summed E-state index contributed by atoms with van der Waals surface area (Å²) < 4.78 is 5.81. The van der Waals surface area contributed by atoms with Gasteiger partial charge in [-0.15, -0.1) is 0 Å². The lowest BCUT2D eigenvalue weighted by Gasteiger charge is -2.11. The van der Waals surface area contributed by atoms with Gasteiger partial charge in [0.2, 0.25) is 0 Å². The molecule has 1 atom stereocenters. The quantitative estimate of drug-likeness (QED) is 0.864. The van der Waals surface area contributed by atoms with Gasteiger partial charge in [0.05, 0.1) is 5.02 Å². The summed E-state index contributed by atoms with van der Waals surface area (Å²) in [6.07, 6.45) is 1.87. The Balaban J connectivity index is 2.09. The van der Waals surface area contributed by atoms with E-state index in [1.807, 2.05) is 37.3 Å². The molecule has 0 radical (unpaired) electrons. The maximum atomic E-state index is 6.12. The number of ether oxygens (including phenoxy) is 1. The molecule has 2 rings (SSSR count). The average Bonchev–Trinajstić information content (AvgIpc) is 2.45. The van der Waals surface area contributed by atoms with Crippen LogP contribution in [-0.2, 0) is 6.42 Å². The summed E-state index contributed by atoms with van der Waals surface area (Å²) in [7, 11) is 0. The van der Waals surface area contributed by atoms with Crippen LogP contribution in [0.2, 0.25) is 5.02 Å². The maximum Gasteiger partial charge on any atom is 0.146 e. The molecule has 0 spiro atoms. The monoisotopic (exact) mass is 289 g/mol. The predicted octanol–water partition coefficient (Wildman–Crippen LogP) is 4.72. The number of hydrogen-bond donors (Lipinski definition) is 1. The molecule has 2 nitrogen and oxygen atoms in total. The Morgan fingerprint density at radius 1 is 1.15 bits per heavy atom. The second-order valence-electron chi connectivity index (χ2n) is 5.05. The van der Waals surface area contributed by atoms with Crippen LogP contribution in [-0.4, -0.2) is 6.04 Å². The molecule has 0 amide bonds. The Labute approximate surface area is 125 Å². The van der Waals surface area contributed by atoms with E-state index in [4.69, 9.17) is 22.1 Å². The minimum atomic E-state index is 0.216. The SMILES string of the molecule is CCC(N)Cc1ccc(Oc2cc(C)ccc2Cl)cc1. The molecule has 2 aromatic rings. The Kier molecular flexibility index (Phi) is 5.05. The first kappa shape index (κ1) is 14.9. The van der Waals surface area contributed by atoms with Gasteiger partial charge in [-0.05, 0) is 55.2 Å². The third-order valence-electron chi connectivity index (χ3n) is 3.26. The maximum absolute atomic E-state index is 6.12. The molecule has 0 aliphatic heterocycles. The van der Waals surface area contributed by atoms with Crippen molar-refractivity contribution < 1.29 is 4.74 Å². The molecule has 0 aliphatic carbocycles. The molecule has 0 aromatic heterocycles. The Hall–Kier alpha value is -1.51. The smallest absolute Gasteiger partial charge is 0.146 e. The van der Waals surface area contributed by atoms with Crippen LogP contribution in [0.1, 0.15) is 24.5 Å². The van der Waals surface area contributed by atoms with E-state index in [0.717, 1.165) is 24.2 Å². The standard InChI is InChI=1S/C17H20ClNO/c1-3-14(19)11-13-5-7-15(8-6-13)20-17-10-12(2)4-9-16(17)18/h4-10,14H,3,11,19H2,1-2H3. The fourth-order valence-electron chi connectivity index (χ4n) is 1.96. The first-order valence-corrected chi connectivity index (χ1v) is 7.25. The van der Waals surface area contributed by atoms with Crippen molar-refractivity contribution in [3.8, 4) is 11.5 Å². The van der Waals surface area contributed by atoms with Gasteiger partial charge in [0.1, 0.15) is 11.5 Å². The lowest BCUT2D eigenvalue weighted by Crippen LogP contribution is -2.21. The van der Waals surface area contributed by atoms with Crippen molar-refractivity contribution in [3.63, 3.8) is 0 Å². The van der Waals surface area contributed by atoms with Crippen LogP contribution >= 0.6 is 11.6 Å². The van der Waals surface area contributed by atoms with E-state index in [0.29, 0.717) is 10.8 Å². The number of aryl methyl sites for hydroxylation is 1. The molecule has 0 aliphatic rings. The zero-order valence-corrected chi connectivity index (χ0v) is 12.7. The number of rotatable bonds is 5. The average molecular weight is 290 g/mol. The molecule has 2 N–H and O–H groups in total. The summed E-state index contributed by atoms with van der Waals surface area (Å²) in [4.78, 5) is 0. The number of hydrogen-bond acceptors (Lipinski definition) is 2. The molecule has 20 heavy (non-hydrogen) atoms. The van der Waals surface area contributed by atoms with E-state index in [1.165, 1.54) is 5.56 Å². The van der Waals surface area contributed by atoms with Gasteiger partial charge in [0.25, 0.3) is 0 Å². The molecule has 2 aromatic carbocycles. The summed E-state index contributed by atoms with van der Waals surface area (Å²) in [6, 6.07) is 14.0. The molecule has 106 valence electrons. The van der Waals surface area contributed by atoms with E-state index in [1.54, 1.807) is 0 Å². The lowest BCUT2D eigenvalue weighted by molar-refractivity contribution is 0.482. The van der Waals surface area contributed by atoms with Gasteiger partial charge in [0, 0.05) is 6.04 Å². The van der Waals surface area contributed by atoms with Gasteiger partial charge in [-0.1, -0.05) is 36.7 Å². The van der Waals surface area contributed by atoms with E-state index >= 15 is 0 Å². The topological polar surface area (TPSA) is 35.2 Å². The summed E-state index contributed by atoms with van der Waals surface area (Å²) in [5.41, 5.74) is 8.30. The number of nitrogens with two attached hydrogens (primary N) is 1. The van der Waals surface area contributed by atoms with Gasteiger partial charge in [-0.3, -0.25) is 0 Å². The van der Waals surface area contributed by atoms with Crippen LogP contribution in [0.3, 0.4) is 0 Å². The third-order valence-corrected chi connectivity index (χ3v) is 3.57. The highest BCUT2D eigenvalue weighted by atomic mass is 35.5. The van der Waals surface area contributed by atoms with E-state index in [2.05, 4.69) is 19.1 Å². The first-order chi connectivity index (χ1) is 9.58. The Morgan fingerprint density at radius 3 is 2.50 bits per heavy atom. The summed E-state index contributed by atoms with van der Waals surface area (Å²) in [5, 5.41) is 0.618. The first-order valence-electron chi connectivity index (χ1n) is 6.87. The van der Waals surface area contributed by atoms with Gasteiger partial charge < -0.3 is 10.5 Å². The molecule has 0 heterocycles. The van der Waals surface area contributed by atoms with Crippen molar-refractivity contribution in [2.24, 2.45) is 5.73 Å². The minimum absolute atomic E-state index is 0.216. The number of benzene rings is 2. The highest BCUT2D eigenvalue weighted by Crippen LogP contribution is 2.30. The lowest BCUT2D eigenvalue weighted by atomic mass is 10.0. The molecule has 1 unspecified atom stereocenters. The van der Waals surface area contributed by atoms with Gasteiger partial charge >= 0.3 is 0 Å². The van der Waals surface area contributed by atoms with Gasteiger partial charge in [0.15, 0.2) is 0 Å². The summed E-state index contributed by atoms with van der Waals surface area (Å²) in [6.45, 7) is 4.11. The van der Waals surface area contributed by atoms with Crippen molar-refractivity contribution in [1.29, 1.82) is 0 Å². The molecule has 0 bridgehead atoms. The largest absolute Gasteiger partial charge is 0.456 e. The summed E-state index contributed by atoms with van der Waals surface area (Å²) in [5.74, 6) is 1.47. The van der Waals surface area contributed by atoms with Crippen molar-refractivity contribution in [3.05, 3.63) is 58.6 Å². The van der Waals surface area contributed by atoms with E-state index < -0.39 is 0 Å². The predicted molar refractivity (Wildman–Crippen MR) is 84.7 cm³/mol. The van der Waals surface area contributed by atoms with Crippen LogP contribution in [0.4, 0.5) is 0 Å². The van der Waals surface area contributed by atoms with Crippen LogP contribution in [0.15, 0.2) is 42.5 Å². The molecule has 0 fully saturated rings. The van der Waals surface area contributed by atoms with Crippen LogP contribution < -0.4 is 10.5 Å². The van der Waals surface area contributed by atoms with Gasteiger partial charge in [-0.2, -0.15) is 0 Å². The fraction of sp³-hybridized carbons (Fsp3) is 0.294. The third kappa shape index (κ3) is 3.99. The van der Waals surface area contributed by atoms with Crippen LogP contribution in [0.5, 0.6) is 11.5 Å². The molecule has 3 heteroatoms. The Morgan fingerprint density at radius 2 is 1.85 bits per heavy atom. The van der Waals surface area contributed by atoms with Gasteiger partial charge in [-0.25, -0.2) is 0 Å². The zero-order valence-electron chi connectivity index (χ0n) is 11.9. The van der Waals surface area contributed by atoms with Crippen molar-refractivity contribution in [1.82, 2.24) is 0 Å². The van der Waals surface area contributed by atoms with Crippen molar-refractivity contribution in [2.45, 2.75) is 32.7 Å². The second kappa shape index (κ2) is 6.78. The van der Waals surface area contributed by atoms with Crippen LogP contribution in [0.25, 0.3) is 0 Å². The van der Waals surface area contributed by atoms with Crippen LogP contribution in [0, 0.1) is 6.92 Å². The van der Waals surface area contributed by atoms with Crippen molar-refractivity contribution >= 4 is 11.6 Å². The van der Waals surface area contributed by atoms with E-state index in [9.17, 15) is 0 Å². The normalized spacial score (nSPS) is 12.2. The number of halogens is 1. The fourth-order valence-corrected chi connectivity index (χ4v) is 2.11. The highest BCUT2D eigenvalue weighted by Gasteiger charge is 2.05. The van der Waals surface area contributed by atoms with Crippen molar-refractivity contribution in [2.75, 3.05) is 0 Å². The molecule has 0 saturated heterocycles.